The zero-order valence-electron chi connectivity index (χ0n) is 13.5. The molecule has 126 valence electrons. The Kier molecular flexibility index (Phi) is 3.92. The fourth-order valence-corrected chi connectivity index (χ4v) is 3.17. The molecule has 7 heteroatoms. The van der Waals surface area contributed by atoms with Crippen molar-refractivity contribution in [2.75, 3.05) is 6.54 Å². The van der Waals surface area contributed by atoms with Gasteiger partial charge in [0.05, 0.1) is 12.2 Å². The number of rotatable bonds is 4. The van der Waals surface area contributed by atoms with Gasteiger partial charge in [0.1, 0.15) is 11.5 Å². The highest BCUT2D eigenvalue weighted by atomic mass is 16.4. The van der Waals surface area contributed by atoms with Crippen molar-refractivity contribution in [2.24, 2.45) is 0 Å². The third-order valence-corrected chi connectivity index (χ3v) is 4.88. The van der Waals surface area contributed by atoms with E-state index in [0.29, 0.717) is 37.5 Å². The van der Waals surface area contributed by atoms with Gasteiger partial charge in [0.15, 0.2) is 5.89 Å². The van der Waals surface area contributed by atoms with Gasteiger partial charge in [0.25, 0.3) is 5.56 Å². The molecule has 1 aliphatic heterocycles. The lowest BCUT2D eigenvalue weighted by molar-refractivity contribution is -0.132. The van der Waals surface area contributed by atoms with Crippen molar-refractivity contribution in [3.63, 3.8) is 0 Å². The van der Waals surface area contributed by atoms with Gasteiger partial charge < -0.3 is 9.32 Å². The minimum Gasteiger partial charge on any atom is -0.445 e. The van der Waals surface area contributed by atoms with Gasteiger partial charge in [0.2, 0.25) is 5.91 Å². The number of fused-ring (bicyclic) bond motifs is 1. The largest absolute Gasteiger partial charge is 0.445 e. The summed E-state index contributed by atoms with van der Waals surface area (Å²) in [5, 5.41) is 6.32. The Labute approximate surface area is 139 Å². The first-order chi connectivity index (χ1) is 11.7. The van der Waals surface area contributed by atoms with Crippen LogP contribution in [0.15, 0.2) is 21.3 Å². The van der Waals surface area contributed by atoms with E-state index in [4.69, 9.17) is 4.42 Å². The monoisotopic (exact) mass is 328 g/mol. The third kappa shape index (κ3) is 2.98. The lowest BCUT2D eigenvalue weighted by atomic mass is 9.85. The molecule has 0 spiro atoms. The number of hydrogen-bond donors (Lipinski definition) is 1. The van der Waals surface area contributed by atoms with Crippen molar-refractivity contribution in [1.82, 2.24) is 20.1 Å². The van der Waals surface area contributed by atoms with Crippen LogP contribution in [0.25, 0.3) is 0 Å². The van der Waals surface area contributed by atoms with Gasteiger partial charge in [-0.3, -0.25) is 9.59 Å². The maximum absolute atomic E-state index is 12.4. The van der Waals surface area contributed by atoms with E-state index < -0.39 is 0 Å². The average Bonchev–Trinajstić information content (AvgIpc) is 2.94. The number of oxazole rings is 1. The van der Waals surface area contributed by atoms with E-state index in [2.05, 4.69) is 15.2 Å². The Balaban J connectivity index is 1.36. The van der Waals surface area contributed by atoms with Gasteiger partial charge >= 0.3 is 0 Å². The molecule has 2 aromatic heterocycles. The molecule has 0 saturated heterocycles. The first-order valence-electron chi connectivity index (χ1n) is 8.50. The SMILES string of the molecule is O=C(CCc1ccc(=O)[nH]n1)N1CCc2oc(C3CCC3)nc2C1. The molecule has 7 nitrogen and oxygen atoms in total. The summed E-state index contributed by atoms with van der Waals surface area (Å²) in [6.07, 6.45) is 5.20. The molecule has 1 aliphatic carbocycles. The van der Waals surface area contributed by atoms with Crippen LogP contribution in [-0.2, 0) is 24.2 Å². The van der Waals surface area contributed by atoms with Crippen molar-refractivity contribution in [3.8, 4) is 0 Å². The Morgan fingerprint density at radius 3 is 2.96 bits per heavy atom. The van der Waals surface area contributed by atoms with Crippen LogP contribution in [-0.4, -0.2) is 32.5 Å². The van der Waals surface area contributed by atoms with Gasteiger partial charge in [0, 0.05) is 37.8 Å². The Bertz CT molecular complexity index is 786. The van der Waals surface area contributed by atoms with Crippen LogP contribution in [0.4, 0.5) is 0 Å². The predicted molar refractivity (Wildman–Crippen MR) is 85.4 cm³/mol. The highest BCUT2D eigenvalue weighted by Crippen LogP contribution is 2.37. The second-order valence-electron chi connectivity index (χ2n) is 6.53. The summed E-state index contributed by atoms with van der Waals surface area (Å²) >= 11 is 0. The minimum absolute atomic E-state index is 0.0850. The average molecular weight is 328 g/mol. The lowest BCUT2D eigenvalue weighted by Crippen LogP contribution is -2.36. The number of aromatic nitrogens is 3. The molecule has 1 N–H and O–H groups in total. The molecule has 2 aromatic rings. The summed E-state index contributed by atoms with van der Waals surface area (Å²) in [5.41, 5.74) is 1.40. The number of hydrogen-bond acceptors (Lipinski definition) is 5. The number of nitrogens with zero attached hydrogens (tertiary/aromatic N) is 3. The van der Waals surface area contributed by atoms with Crippen LogP contribution in [0.3, 0.4) is 0 Å². The van der Waals surface area contributed by atoms with E-state index in [1.54, 1.807) is 6.07 Å². The molecule has 0 unspecified atom stereocenters. The molecule has 0 atom stereocenters. The van der Waals surface area contributed by atoms with E-state index in [0.717, 1.165) is 36.6 Å². The first-order valence-corrected chi connectivity index (χ1v) is 8.50. The maximum atomic E-state index is 12.4. The van der Waals surface area contributed by atoms with Crippen LogP contribution in [0.1, 0.15) is 54.6 Å². The highest BCUT2D eigenvalue weighted by Gasteiger charge is 2.30. The summed E-state index contributed by atoms with van der Waals surface area (Å²) in [6, 6.07) is 3.08. The van der Waals surface area contributed by atoms with Crippen molar-refractivity contribution in [2.45, 2.75) is 51.0 Å². The zero-order valence-corrected chi connectivity index (χ0v) is 13.5. The molecule has 3 heterocycles. The minimum atomic E-state index is -0.234. The molecular weight excluding hydrogens is 308 g/mol. The van der Waals surface area contributed by atoms with Crippen LogP contribution < -0.4 is 5.56 Å². The molecule has 1 fully saturated rings. The highest BCUT2D eigenvalue weighted by molar-refractivity contribution is 5.76. The number of aryl methyl sites for hydroxylation is 1. The van der Waals surface area contributed by atoms with Gasteiger partial charge in [-0.15, -0.1) is 0 Å². The van der Waals surface area contributed by atoms with Crippen LogP contribution in [0.2, 0.25) is 0 Å². The number of aromatic amines is 1. The van der Waals surface area contributed by atoms with Gasteiger partial charge in [-0.1, -0.05) is 6.42 Å². The summed E-state index contributed by atoms with van der Waals surface area (Å²) in [6.45, 7) is 1.20. The smallest absolute Gasteiger partial charge is 0.264 e. The van der Waals surface area contributed by atoms with Gasteiger partial charge in [-0.2, -0.15) is 5.10 Å². The first kappa shape index (κ1) is 15.1. The normalized spacial score (nSPS) is 17.4. The molecule has 0 bridgehead atoms. The summed E-state index contributed by atoms with van der Waals surface area (Å²) in [5.74, 6) is 2.37. The molecule has 4 rings (SSSR count). The van der Waals surface area contributed by atoms with E-state index in [9.17, 15) is 9.59 Å². The zero-order chi connectivity index (χ0) is 16.5. The molecule has 0 aromatic carbocycles. The standard InChI is InChI=1S/C17H20N4O3/c22-15-6-4-12(19-20-15)5-7-16(23)21-9-8-14-13(10-21)18-17(24-14)11-2-1-3-11/h4,6,11H,1-3,5,7-10H2,(H,20,22). The number of H-pyrrole nitrogens is 1. The molecule has 24 heavy (non-hydrogen) atoms. The Hall–Kier alpha value is -2.44. The second-order valence-corrected chi connectivity index (χ2v) is 6.53. The molecule has 1 saturated carbocycles. The quantitative estimate of drug-likeness (QED) is 0.919. The van der Waals surface area contributed by atoms with Crippen LogP contribution in [0.5, 0.6) is 0 Å². The van der Waals surface area contributed by atoms with E-state index >= 15 is 0 Å². The van der Waals surface area contributed by atoms with Crippen LogP contribution in [0, 0.1) is 0 Å². The molecule has 0 radical (unpaired) electrons. The van der Waals surface area contributed by atoms with E-state index in [1.165, 1.54) is 12.5 Å². The van der Waals surface area contributed by atoms with Crippen molar-refractivity contribution in [3.05, 3.63) is 45.5 Å². The fraction of sp³-hybridized carbons (Fsp3) is 0.529. The number of amides is 1. The molecular formula is C17H20N4O3. The van der Waals surface area contributed by atoms with E-state index in [1.807, 2.05) is 4.90 Å². The summed E-state index contributed by atoms with van der Waals surface area (Å²) in [7, 11) is 0. The predicted octanol–water partition coefficient (Wildman–Crippen LogP) is 1.54. The topological polar surface area (TPSA) is 92.1 Å². The number of nitrogens with one attached hydrogen (secondary N) is 1. The maximum Gasteiger partial charge on any atom is 0.264 e. The van der Waals surface area contributed by atoms with Crippen molar-refractivity contribution in [1.29, 1.82) is 0 Å². The summed E-state index contributed by atoms with van der Waals surface area (Å²) in [4.78, 5) is 29.9. The number of carbonyl (C=O) groups is 1. The summed E-state index contributed by atoms with van der Waals surface area (Å²) < 4.78 is 5.89. The van der Waals surface area contributed by atoms with E-state index in [-0.39, 0.29) is 11.5 Å². The Morgan fingerprint density at radius 1 is 1.38 bits per heavy atom. The second kappa shape index (κ2) is 6.22. The molecule has 2 aliphatic rings. The number of carbonyl (C=O) groups excluding carboxylic acids is 1. The Morgan fingerprint density at radius 2 is 2.25 bits per heavy atom. The van der Waals surface area contributed by atoms with Gasteiger partial charge in [-0.25, -0.2) is 10.1 Å². The van der Waals surface area contributed by atoms with Crippen molar-refractivity contribution < 1.29 is 9.21 Å². The third-order valence-electron chi connectivity index (χ3n) is 4.88. The van der Waals surface area contributed by atoms with Crippen LogP contribution >= 0.6 is 0 Å². The van der Waals surface area contributed by atoms with Gasteiger partial charge in [-0.05, 0) is 18.9 Å². The molecule has 1 amide bonds. The van der Waals surface area contributed by atoms with Crippen molar-refractivity contribution >= 4 is 5.91 Å². The fourth-order valence-electron chi connectivity index (χ4n) is 3.17. The lowest BCUT2D eigenvalue weighted by Gasteiger charge is -2.25.